The van der Waals surface area contributed by atoms with Crippen molar-refractivity contribution in [3.63, 3.8) is 0 Å². The lowest BCUT2D eigenvalue weighted by Crippen LogP contribution is -2.32. The van der Waals surface area contributed by atoms with Crippen molar-refractivity contribution in [1.82, 2.24) is 9.55 Å². The molecule has 0 aliphatic carbocycles. The Morgan fingerprint density at radius 1 is 1.40 bits per heavy atom. The second-order valence-corrected chi connectivity index (χ2v) is 6.91. The summed E-state index contributed by atoms with van der Waals surface area (Å²) in [7, 11) is 0. The zero-order valence-corrected chi connectivity index (χ0v) is 16.4. The molecule has 0 amide bonds. The van der Waals surface area contributed by atoms with Gasteiger partial charge in [0.05, 0.1) is 0 Å². The molecule has 30 heavy (non-hydrogen) atoms. The van der Waals surface area contributed by atoms with Crippen LogP contribution in [0.1, 0.15) is 32.9 Å². The van der Waals surface area contributed by atoms with Crippen LogP contribution in [-0.2, 0) is 28.6 Å². The molecule has 1 aliphatic rings. The lowest BCUT2D eigenvalue weighted by molar-refractivity contribution is -0.156. The van der Waals surface area contributed by atoms with E-state index in [9.17, 15) is 19.2 Å². The smallest absolute Gasteiger partial charge is 0.351 e. The van der Waals surface area contributed by atoms with E-state index >= 15 is 0 Å². The summed E-state index contributed by atoms with van der Waals surface area (Å²) >= 11 is 0. The van der Waals surface area contributed by atoms with Gasteiger partial charge >= 0.3 is 23.6 Å². The Morgan fingerprint density at radius 2 is 2.13 bits per heavy atom. The second kappa shape index (κ2) is 10.5. The first-order valence-corrected chi connectivity index (χ1v) is 9.11. The number of nitrogens with one attached hydrogen (secondary N) is 1. The van der Waals surface area contributed by atoms with Crippen molar-refractivity contribution >= 4 is 23.7 Å². The molecular weight excluding hydrogens is 402 g/mol. The molecule has 1 saturated heterocycles. The molecule has 2 rings (SSSR count). The minimum atomic E-state index is -1.32. The van der Waals surface area contributed by atoms with Crippen LogP contribution >= 0.6 is 0 Å². The van der Waals surface area contributed by atoms with Gasteiger partial charge in [0.1, 0.15) is 25.0 Å². The summed E-state index contributed by atoms with van der Waals surface area (Å²) in [6, 6.07) is 1.33. The van der Waals surface area contributed by atoms with Crippen molar-refractivity contribution in [3.8, 4) is 0 Å². The zero-order valence-electron chi connectivity index (χ0n) is 16.4. The Bertz CT molecular complexity index is 865. The topological polar surface area (TPSA) is 166 Å². The Kier molecular flexibility index (Phi) is 8.07. The first-order chi connectivity index (χ1) is 14.2. The highest BCUT2D eigenvalue weighted by atomic mass is 16.6. The van der Waals surface area contributed by atoms with Crippen molar-refractivity contribution in [1.29, 1.82) is 0 Å². The van der Waals surface area contributed by atoms with Gasteiger partial charge in [-0.25, -0.2) is 14.4 Å². The van der Waals surface area contributed by atoms with Crippen LogP contribution in [0.15, 0.2) is 29.2 Å². The summed E-state index contributed by atoms with van der Waals surface area (Å²) in [5.74, 6) is -2.66. The molecule has 164 valence electrons. The van der Waals surface area contributed by atoms with E-state index in [0.29, 0.717) is 6.08 Å². The molecule has 0 unspecified atom stereocenters. The Balaban J connectivity index is 2.14. The van der Waals surface area contributed by atoms with Gasteiger partial charge in [0.15, 0.2) is 5.82 Å². The summed E-state index contributed by atoms with van der Waals surface area (Å²) < 4.78 is 17.3. The number of carbonyl (C=O) groups excluding carboxylic acids is 2. The maximum Gasteiger partial charge on any atom is 0.351 e. The van der Waals surface area contributed by atoms with E-state index in [1.165, 1.54) is 12.3 Å². The van der Waals surface area contributed by atoms with Crippen molar-refractivity contribution < 1.29 is 38.9 Å². The summed E-state index contributed by atoms with van der Waals surface area (Å²) in [4.78, 5) is 50.0. The van der Waals surface area contributed by atoms with Crippen LogP contribution < -0.4 is 11.2 Å². The van der Waals surface area contributed by atoms with Gasteiger partial charge in [0, 0.05) is 31.2 Å². The molecule has 3 N–H and O–H groups in total. The van der Waals surface area contributed by atoms with Gasteiger partial charge < -0.3 is 19.3 Å². The van der Waals surface area contributed by atoms with E-state index in [2.05, 4.69) is 4.98 Å². The van der Waals surface area contributed by atoms with Gasteiger partial charge in [0.25, 0.3) is 0 Å². The number of ether oxygens (including phenoxy) is 3. The highest BCUT2D eigenvalue weighted by Gasteiger charge is 2.40. The third-order valence-corrected chi connectivity index (χ3v) is 4.05. The second-order valence-electron chi connectivity index (χ2n) is 6.91. The number of rotatable bonds is 9. The third kappa shape index (κ3) is 6.67. The zero-order chi connectivity index (χ0) is 22.3. The molecule has 12 heteroatoms. The molecule has 1 aromatic rings. The fourth-order valence-corrected chi connectivity index (χ4v) is 2.73. The van der Waals surface area contributed by atoms with Crippen LogP contribution in [0.5, 0.6) is 0 Å². The molecule has 0 aromatic carbocycles. The van der Waals surface area contributed by atoms with Crippen molar-refractivity contribution in [2.75, 3.05) is 12.1 Å². The Hall–Kier alpha value is -3.25. The first kappa shape index (κ1) is 23.0. The summed E-state index contributed by atoms with van der Waals surface area (Å²) in [6.45, 7) is 3.49. The van der Waals surface area contributed by atoms with Gasteiger partial charge in [-0.1, -0.05) is 13.8 Å². The summed E-state index contributed by atoms with van der Waals surface area (Å²) in [5, 5.41) is 17.4. The van der Waals surface area contributed by atoms with Crippen LogP contribution in [0.2, 0.25) is 0 Å². The highest BCUT2D eigenvalue weighted by Crippen LogP contribution is 2.30. The van der Waals surface area contributed by atoms with Gasteiger partial charge in [-0.05, 0) is 12.0 Å². The fraction of sp³-hybridized carbons (Fsp3) is 0.500. The standard InChI is InChI=1S/C18H23N3O9/c1-10(2)7-17(25)28-9-12-11(30-16(24)4-3-15(22)23)8-14(29-12)21-6-5-13(20-27)19-18(21)26/h3-6,10-12,14,27H,7-9H2,1-2H3,(H,22,23)(H,19,20,26)/b4-3-/t11-,12+,14+/m0/s1. The maximum absolute atomic E-state index is 12.1. The van der Waals surface area contributed by atoms with Crippen LogP contribution in [-0.4, -0.2) is 56.6 Å². The normalized spacial score (nSPS) is 21.0. The predicted octanol–water partition coefficient (Wildman–Crippen LogP) is 0.474. The lowest BCUT2D eigenvalue weighted by Gasteiger charge is -2.18. The van der Waals surface area contributed by atoms with Gasteiger partial charge in [-0.2, -0.15) is 4.98 Å². The number of anilines is 1. The largest absolute Gasteiger partial charge is 0.478 e. The molecule has 2 heterocycles. The quantitative estimate of drug-likeness (QED) is 0.286. The first-order valence-electron chi connectivity index (χ1n) is 9.11. The Labute approximate surface area is 171 Å². The SMILES string of the molecule is CC(C)CC(=O)OC[C@H]1O[C@@H](n2ccc(NO)nc2=O)C[C@@H]1OC(=O)/C=C\C(=O)O. The average Bonchev–Trinajstić information content (AvgIpc) is 3.06. The number of esters is 2. The number of hydrogen-bond acceptors (Lipinski definition) is 10. The molecule has 0 bridgehead atoms. The lowest BCUT2D eigenvalue weighted by atomic mass is 10.1. The molecule has 1 aliphatic heterocycles. The van der Waals surface area contributed by atoms with E-state index in [1.54, 1.807) is 5.48 Å². The Morgan fingerprint density at radius 3 is 2.73 bits per heavy atom. The molecule has 0 radical (unpaired) electrons. The van der Waals surface area contributed by atoms with E-state index < -0.39 is 42.0 Å². The van der Waals surface area contributed by atoms with Crippen LogP contribution in [0.4, 0.5) is 5.82 Å². The number of carboxylic acids is 1. The van der Waals surface area contributed by atoms with Crippen LogP contribution in [0, 0.1) is 5.92 Å². The number of hydrogen-bond donors (Lipinski definition) is 3. The molecule has 1 aromatic heterocycles. The van der Waals surface area contributed by atoms with E-state index in [1.807, 2.05) is 13.8 Å². The van der Waals surface area contributed by atoms with Gasteiger partial charge in [-0.15, -0.1) is 0 Å². The molecule has 12 nitrogen and oxygen atoms in total. The maximum atomic E-state index is 12.1. The molecule has 0 spiro atoms. The van der Waals surface area contributed by atoms with Crippen molar-refractivity contribution in [3.05, 3.63) is 34.9 Å². The number of aromatic nitrogens is 2. The molecule has 0 saturated carbocycles. The monoisotopic (exact) mass is 425 g/mol. The minimum Gasteiger partial charge on any atom is -0.478 e. The predicted molar refractivity (Wildman–Crippen MR) is 99.5 cm³/mol. The summed E-state index contributed by atoms with van der Waals surface area (Å²) in [6.07, 6.45) is 0.261. The number of nitrogens with zero attached hydrogens (tertiary/aromatic N) is 2. The molecule has 1 fully saturated rings. The van der Waals surface area contributed by atoms with Crippen molar-refractivity contribution in [2.24, 2.45) is 5.92 Å². The van der Waals surface area contributed by atoms with E-state index in [-0.39, 0.29) is 31.2 Å². The number of carboxylic acid groups (broad SMARTS) is 1. The van der Waals surface area contributed by atoms with Gasteiger partial charge in [-0.3, -0.25) is 20.0 Å². The molecular formula is C18H23N3O9. The van der Waals surface area contributed by atoms with E-state index in [0.717, 1.165) is 10.6 Å². The van der Waals surface area contributed by atoms with Crippen molar-refractivity contribution in [2.45, 2.75) is 45.1 Å². The summed E-state index contributed by atoms with van der Waals surface area (Å²) in [5.41, 5.74) is 1.02. The molecule has 3 atom stereocenters. The fourth-order valence-electron chi connectivity index (χ4n) is 2.73. The van der Waals surface area contributed by atoms with Gasteiger partial charge in [0.2, 0.25) is 0 Å². The van der Waals surface area contributed by atoms with E-state index in [4.69, 9.17) is 24.5 Å². The van der Waals surface area contributed by atoms with Crippen LogP contribution in [0.3, 0.4) is 0 Å². The highest BCUT2D eigenvalue weighted by molar-refractivity contribution is 5.90. The average molecular weight is 425 g/mol. The number of carbonyl (C=O) groups is 3. The van der Waals surface area contributed by atoms with Crippen LogP contribution in [0.25, 0.3) is 0 Å². The minimum absolute atomic E-state index is 0.0343. The number of aliphatic carboxylic acids is 1. The third-order valence-electron chi connectivity index (χ3n) is 4.05.